The van der Waals surface area contributed by atoms with Gasteiger partial charge in [0.25, 0.3) is 11.5 Å². The molecule has 0 radical (unpaired) electrons. The average Bonchev–Trinajstić information content (AvgIpc) is 3.37. The van der Waals surface area contributed by atoms with Crippen molar-refractivity contribution >= 4 is 11.8 Å². The van der Waals surface area contributed by atoms with E-state index in [4.69, 9.17) is 4.42 Å². The van der Waals surface area contributed by atoms with Crippen LogP contribution in [-0.4, -0.2) is 57.6 Å². The van der Waals surface area contributed by atoms with E-state index in [1.54, 1.807) is 34.9 Å². The Hall–Kier alpha value is -2.90. The maximum absolute atomic E-state index is 12.9. The largest absolute Gasteiger partial charge is 0.459 e. The molecule has 27 heavy (non-hydrogen) atoms. The van der Waals surface area contributed by atoms with Crippen molar-refractivity contribution in [1.82, 2.24) is 19.6 Å². The Bertz CT molecular complexity index is 910. The van der Waals surface area contributed by atoms with E-state index in [9.17, 15) is 14.4 Å². The maximum Gasteiger partial charge on any atom is 0.289 e. The van der Waals surface area contributed by atoms with Gasteiger partial charge in [0.1, 0.15) is 6.04 Å². The van der Waals surface area contributed by atoms with Crippen molar-refractivity contribution in [3.63, 3.8) is 0 Å². The monoisotopic (exact) mass is 370 g/mol. The van der Waals surface area contributed by atoms with Gasteiger partial charge in [0.15, 0.2) is 5.76 Å². The molecule has 0 aromatic carbocycles. The first-order valence-electron chi connectivity index (χ1n) is 9.28. The predicted molar refractivity (Wildman–Crippen MR) is 96.4 cm³/mol. The number of aromatic nitrogens is 2. The molecule has 142 valence electrons. The summed E-state index contributed by atoms with van der Waals surface area (Å²) in [6, 6.07) is 4.26. The second-order valence-electron chi connectivity index (χ2n) is 7.02. The van der Waals surface area contributed by atoms with Gasteiger partial charge in [-0.3, -0.25) is 14.4 Å². The van der Waals surface area contributed by atoms with Gasteiger partial charge in [0.05, 0.1) is 12.0 Å². The second kappa shape index (κ2) is 7.02. The van der Waals surface area contributed by atoms with Crippen molar-refractivity contribution in [2.45, 2.75) is 32.2 Å². The third-order valence-corrected chi connectivity index (χ3v) is 5.32. The Morgan fingerprint density at radius 3 is 2.59 bits per heavy atom. The molecule has 1 saturated heterocycles. The van der Waals surface area contributed by atoms with Crippen LogP contribution in [0.15, 0.2) is 33.7 Å². The number of piperazine rings is 1. The number of rotatable bonds is 3. The van der Waals surface area contributed by atoms with Gasteiger partial charge >= 0.3 is 0 Å². The minimum absolute atomic E-state index is 0.146. The van der Waals surface area contributed by atoms with Crippen molar-refractivity contribution in [2.75, 3.05) is 26.2 Å². The SMILES string of the molecule is C[C@H](C(=O)N1CCN(C(=O)c2ccco2)CC1)n1nc2c(cc1=O)CCC2. The summed E-state index contributed by atoms with van der Waals surface area (Å²) in [5, 5.41) is 4.43. The molecule has 1 aliphatic carbocycles. The molecule has 1 atom stereocenters. The molecular formula is C19H22N4O4. The zero-order valence-corrected chi connectivity index (χ0v) is 15.3. The highest BCUT2D eigenvalue weighted by molar-refractivity contribution is 5.91. The van der Waals surface area contributed by atoms with Gasteiger partial charge in [-0.2, -0.15) is 5.10 Å². The summed E-state index contributed by atoms with van der Waals surface area (Å²) >= 11 is 0. The molecule has 8 nitrogen and oxygen atoms in total. The van der Waals surface area contributed by atoms with E-state index in [0.717, 1.165) is 30.5 Å². The first kappa shape index (κ1) is 17.5. The molecule has 1 aliphatic heterocycles. The highest BCUT2D eigenvalue weighted by Gasteiger charge is 2.30. The molecule has 8 heteroatoms. The minimum Gasteiger partial charge on any atom is -0.459 e. The van der Waals surface area contributed by atoms with E-state index < -0.39 is 6.04 Å². The van der Waals surface area contributed by atoms with E-state index in [1.165, 1.54) is 10.9 Å². The van der Waals surface area contributed by atoms with Crippen LogP contribution >= 0.6 is 0 Å². The van der Waals surface area contributed by atoms with Crippen molar-refractivity contribution in [1.29, 1.82) is 0 Å². The Balaban J connectivity index is 1.42. The number of amides is 2. The number of hydrogen-bond donors (Lipinski definition) is 0. The third-order valence-electron chi connectivity index (χ3n) is 5.32. The summed E-state index contributed by atoms with van der Waals surface area (Å²) in [4.78, 5) is 40.9. The highest BCUT2D eigenvalue weighted by Crippen LogP contribution is 2.19. The summed E-state index contributed by atoms with van der Waals surface area (Å²) in [7, 11) is 0. The lowest BCUT2D eigenvalue weighted by molar-refractivity contribution is -0.136. The molecule has 4 rings (SSSR count). The predicted octanol–water partition coefficient (Wildman–Crippen LogP) is 0.871. The number of carbonyl (C=O) groups excluding carboxylic acids is 2. The molecule has 0 unspecified atom stereocenters. The van der Waals surface area contributed by atoms with Crippen LogP contribution in [0.1, 0.15) is 41.2 Å². The minimum atomic E-state index is -0.657. The highest BCUT2D eigenvalue weighted by atomic mass is 16.3. The third kappa shape index (κ3) is 3.27. The van der Waals surface area contributed by atoms with Crippen LogP contribution in [0.25, 0.3) is 0 Å². The molecule has 0 spiro atoms. The first-order valence-corrected chi connectivity index (χ1v) is 9.28. The van der Waals surface area contributed by atoms with Crippen molar-refractivity contribution in [3.8, 4) is 0 Å². The van der Waals surface area contributed by atoms with Gasteiger partial charge < -0.3 is 14.2 Å². The summed E-state index contributed by atoms with van der Waals surface area (Å²) in [6.45, 7) is 3.43. The van der Waals surface area contributed by atoms with E-state index in [0.29, 0.717) is 31.9 Å². The maximum atomic E-state index is 12.9. The van der Waals surface area contributed by atoms with Gasteiger partial charge in [-0.25, -0.2) is 4.68 Å². The van der Waals surface area contributed by atoms with Gasteiger partial charge in [-0.15, -0.1) is 0 Å². The number of hydrogen-bond acceptors (Lipinski definition) is 5. The van der Waals surface area contributed by atoms with Crippen LogP contribution in [-0.2, 0) is 17.6 Å². The number of fused-ring (bicyclic) bond motifs is 1. The Labute approximate surface area is 156 Å². The van der Waals surface area contributed by atoms with Crippen LogP contribution < -0.4 is 5.56 Å². The molecule has 2 amide bonds. The molecule has 0 saturated carbocycles. The summed E-state index contributed by atoms with van der Waals surface area (Å²) in [6.07, 6.45) is 4.20. The molecular weight excluding hydrogens is 348 g/mol. The Morgan fingerprint density at radius 2 is 1.89 bits per heavy atom. The van der Waals surface area contributed by atoms with Crippen LogP contribution in [0.4, 0.5) is 0 Å². The molecule has 0 bridgehead atoms. The van der Waals surface area contributed by atoms with E-state index in [-0.39, 0.29) is 17.4 Å². The number of nitrogens with zero attached hydrogens (tertiary/aromatic N) is 4. The fourth-order valence-corrected chi connectivity index (χ4v) is 3.75. The van der Waals surface area contributed by atoms with E-state index in [1.807, 2.05) is 0 Å². The van der Waals surface area contributed by atoms with E-state index >= 15 is 0 Å². The van der Waals surface area contributed by atoms with Crippen LogP contribution in [0.5, 0.6) is 0 Å². The summed E-state index contributed by atoms with van der Waals surface area (Å²) in [5.74, 6) is -0.0126. The van der Waals surface area contributed by atoms with E-state index in [2.05, 4.69) is 5.10 Å². The van der Waals surface area contributed by atoms with Crippen LogP contribution in [0.3, 0.4) is 0 Å². The molecule has 3 heterocycles. The quantitative estimate of drug-likeness (QED) is 0.800. The topological polar surface area (TPSA) is 88.7 Å². The molecule has 0 N–H and O–H groups in total. The fraction of sp³-hybridized carbons (Fsp3) is 0.474. The first-order chi connectivity index (χ1) is 13.0. The number of furan rings is 1. The summed E-state index contributed by atoms with van der Waals surface area (Å²) < 4.78 is 6.45. The van der Waals surface area contributed by atoms with Crippen LogP contribution in [0.2, 0.25) is 0 Å². The fourth-order valence-electron chi connectivity index (χ4n) is 3.75. The summed E-state index contributed by atoms with van der Waals surface area (Å²) in [5.41, 5.74) is 1.69. The van der Waals surface area contributed by atoms with Crippen molar-refractivity contribution in [2.24, 2.45) is 0 Å². The Kier molecular flexibility index (Phi) is 4.55. The number of carbonyl (C=O) groups is 2. The van der Waals surface area contributed by atoms with Crippen LogP contribution in [0, 0.1) is 0 Å². The standard InChI is InChI=1S/C19H22N4O4/c1-13(23-17(24)12-14-4-2-5-15(14)20-23)18(25)21-7-9-22(10-8-21)19(26)16-6-3-11-27-16/h3,6,11-13H,2,4-5,7-10H2,1H3/t13-/m1/s1. The van der Waals surface area contributed by atoms with Crippen molar-refractivity contribution in [3.05, 3.63) is 51.8 Å². The lowest BCUT2D eigenvalue weighted by atomic mass is 10.2. The lowest BCUT2D eigenvalue weighted by Gasteiger charge is -2.35. The Morgan fingerprint density at radius 1 is 1.15 bits per heavy atom. The second-order valence-corrected chi connectivity index (χ2v) is 7.02. The lowest BCUT2D eigenvalue weighted by Crippen LogP contribution is -2.52. The van der Waals surface area contributed by atoms with Crippen molar-refractivity contribution < 1.29 is 14.0 Å². The molecule has 2 aromatic rings. The zero-order chi connectivity index (χ0) is 19.0. The molecule has 2 aromatic heterocycles. The molecule has 1 fully saturated rings. The number of aryl methyl sites for hydroxylation is 2. The normalized spacial score (nSPS) is 17.7. The van der Waals surface area contributed by atoms with Gasteiger partial charge in [-0.1, -0.05) is 0 Å². The molecule has 2 aliphatic rings. The van der Waals surface area contributed by atoms with Gasteiger partial charge in [-0.05, 0) is 43.9 Å². The van der Waals surface area contributed by atoms with Gasteiger partial charge in [0, 0.05) is 32.2 Å². The zero-order valence-electron chi connectivity index (χ0n) is 15.3. The average molecular weight is 370 g/mol. The smallest absolute Gasteiger partial charge is 0.289 e. The van der Waals surface area contributed by atoms with Gasteiger partial charge in [0.2, 0.25) is 5.91 Å².